The number of carbonyl (C=O) groups excluding carboxylic acids is 1. The van der Waals surface area contributed by atoms with Gasteiger partial charge < -0.3 is 9.64 Å². The predicted molar refractivity (Wildman–Crippen MR) is 142 cm³/mol. The zero-order valence-corrected chi connectivity index (χ0v) is 22.0. The third-order valence-electron chi connectivity index (χ3n) is 5.98. The molecule has 0 radical (unpaired) electrons. The number of unbranched alkanes of at least 4 members (excludes halogenated alkanes) is 2. The van der Waals surface area contributed by atoms with E-state index in [4.69, 9.17) is 4.74 Å². The number of amides is 1. The van der Waals surface area contributed by atoms with E-state index in [2.05, 4.69) is 39.9 Å². The van der Waals surface area contributed by atoms with Gasteiger partial charge in [0.1, 0.15) is 10.3 Å². The fraction of sp³-hybridized carbons (Fsp3) is 0.308. The summed E-state index contributed by atoms with van der Waals surface area (Å²) < 4.78 is 8.24. The topological polar surface area (TPSA) is 76.8 Å². The van der Waals surface area contributed by atoms with Crippen LogP contribution in [0.5, 0.6) is 5.75 Å². The molecule has 2 aromatic heterocycles. The summed E-state index contributed by atoms with van der Waals surface area (Å²) in [6.07, 6.45) is 3.95. The van der Waals surface area contributed by atoms with Gasteiger partial charge in [-0.25, -0.2) is 0 Å². The van der Waals surface area contributed by atoms with E-state index in [0.717, 1.165) is 52.7 Å². The van der Waals surface area contributed by atoms with Gasteiger partial charge in [0, 0.05) is 22.1 Å². The van der Waals surface area contributed by atoms with Gasteiger partial charge in [-0.15, -0.1) is 5.10 Å². The highest BCUT2D eigenvalue weighted by Crippen LogP contribution is 2.37. The summed E-state index contributed by atoms with van der Waals surface area (Å²) in [5.74, 6) is 1.12. The maximum Gasteiger partial charge on any atom is 0.291 e. The Bertz CT molecular complexity index is 1510. The van der Waals surface area contributed by atoms with Gasteiger partial charge in [-0.1, -0.05) is 54.0 Å². The van der Waals surface area contributed by atoms with E-state index in [1.807, 2.05) is 42.5 Å². The van der Waals surface area contributed by atoms with Crippen LogP contribution < -0.4 is 19.7 Å². The molecule has 0 spiro atoms. The lowest BCUT2D eigenvalue weighted by atomic mass is 10.1. The van der Waals surface area contributed by atoms with Gasteiger partial charge in [0.15, 0.2) is 5.82 Å². The predicted octanol–water partition coefficient (Wildman–Crippen LogP) is 4.82. The largest absolute Gasteiger partial charge is 0.494 e. The number of rotatable bonds is 8. The zero-order valence-electron chi connectivity index (χ0n) is 19.6. The van der Waals surface area contributed by atoms with Crippen molar-refractivity contribution in [1.29, 1.82) is 0 Å². The van der Waals surface area contributed by atoms with Crippen molar-refractivity contribution >= 4 is 49.4 Å². The Kier molecular flexibility index (Phi) is 6.71. The first-order valence-corrected chi connectivity index (χ1v) is 13.4. The third kappa shape index (κ3) is 4.38. The molecule has 0 atom stereocenters. The van der Waals surface area contributed by atoms with Crippen molar-refractivity contribution in [2.75, 3.05) is 18.1 Å². The van der Waals surface area contributed by atoms with Crippen LogP contribution in [0.15, 0.2) is 51.7 Å². The van der Waals surface area contributed by atoms with Crippen LogP contribution in [-0.4, -0.2) is 33.7 Å². The van der Waals surface area contributed by atoms with E-state index in [9.17, 15) is 9.59 Å². The molecule has 0 fully saturated rings. The number of carbonyl (C=O) groups is 1. The summed E-state index contributed by atoms with van der Waals surface area (Å²) in [7, 11) is 0. The third-order valence-corrected chi connectivity index (χ3v) is 7.50. The van der Waals surface area contributed by atoms with Gasteiger partial charge in [0.2, 0.25) is 4.96 Å². The first-order chi connectivity index (χ1) is 17.0. The van der Waals surface area contributed by atoms with Crippen molar-refractivity contribution in [3.8, 4) is 17.1 Å². The monoisotopic (exact) mass is 552 g/mol. The van der Waals surface area contributed by atoms with Crippen LogP contribution in [0.3, 0.4) is 0 Å². The lowest BCUT2D eigenvalue weighted by molar-refractivity contribution is -0.113. The number of benzene rings is 2. The number of thiazole rings is 1. The number of halogens is 1. The highest BCUT2D eigenvalue weighted by atomic mass is 79.9. The highest BCUT2D eigenvalue weighted by molar-refractivity contribution is 9.10. The number of nitrogens with zero attached hydrogens (tertiary/aromatic N) is 4. The maximum absolute atomic E-state index is 13.4. The molecule has 0 N–H and O–H groups in total. The molecule has 0 saturated heterocycles. The van der Waals surface area contributed by atoms with Crippen molar-refractivity contribution in [3.63, 3.8) is 0 Å². The van der Waals surface area contributed by atoms with Crippen molar-refractivity contribution in [2.24, 2.45) is 0 Å². The quantitative estimate of drug-likeness (QED) is 0.293. The van der Waals surface area contributed by atoms with Gasteiger partial charge in [-0.3, -0.25) is 9.59 Å². The molecule has 2 aromatic carbocycles. The first kappa shape index (κ1) is 23.7. The average molecular weight is 553 g/mol. The Balaban J connectivity index is 1.54. The Hall–Kier alpha value is -3.04. The summed E-state index contributed by atoms with van der Waals surface area (Å²) in [5, 5.41) is 4.46. The summed E-state index contributed by atoms with van der Waals surface area (Å²) in [5.41, 5.74) is 2.50. The summed E-state index contributed by atoms with van der Waals surface area (Å²) >= 11 is 4.71. The lowest BCUT2D eigenvalue weighted by Crippen LogP contribution is -2.33. The van der Waals surface area contributed by atoms with Crippen LogP contribution in [0.1, 0.15) is 45.1 Å². The fourth-order valence-corrected chi connectivity index (χ4v) is 5.46. The van der Waals surface area contributed by atoms with Gasteiger partial charge in [-0.2, -0.15) is 9.50 Å². The maximum atomic E-state index is 13.4. The number of hydrogen-bond acceptors (Lipinski definition) is 6. The van der Waals surface area contributed by atoms with Gasteiger partial charge in [0.05, 0.1) is 17.9 Å². The molecule has 35 heavy (non-hydrogen) atoms. The van der Waals surface area contributed by atoms with Crippen LogP contribution in [0.25, 0.3) is 21.9 Å². The van der Waals surface area contributed by atoms with Crippen molar-refractivity contribution < 1.29 is 9.53 Å². The van der Waals surface area contributed by atoms with E-state index in [-0.39, 0.29) is 11.5 Å². The molecule has 9 heteroatoms. The number of anilines is 1. The van der Waals surface area contributed by atoms with E-state index in [0.29, 0.717) is 34.0 Å². The van der Waals surface area contributed by atoms with Gasteiger partial charge in [-0.05, 0) is 55.3 Å². The minimum absolute atomic E-state index is 0.146. The van der Waals surface area contributed by atoms with Gasteiger partial charge >= 0.3 is 0 Å². The lowest BCUT2D eigenvalue weighted by Gasteiger charge is -2.16. The molecule has 4 aromatic rings. The summed E-state index contributed by atoms with van der Waals surface area (Å²) in [6.45, 7) is 5.52. The Labute approximate surface area is 215 Å². The minimum Gasteiger partial charge on any atom is -0.494 e. The van der Waals surface area contributed by atoms with Crippen LogP contribution >= 0.6 is 27.3 Å². The van der Waals surface area contributed by atoms with Crippen LogP contribution in [0.4, 0.5) is 5.69 Å². The van der Waals surface area contributed by atoms with Crippen LogP contribution in [-0.2, 0) is 4.79 Å². The molecule has 1 aliphatic heterocycles. The molecule has 1 amide bonds. The number of aromatic nitrogens is 3. The second-order valence-corrected chi connectivity index (χ2v) is 10.3. The summed E-state index contributed by atoms with van der Waals surface area (Å²) in [4.78, 5) is 33.6. The second-order valence-electron chi connectivity index (χ2n) is 8.44. The van der Waals surface area contributed by atoms with Crippen molar-refractivity contribution in [1.82, 2.24) is 14.6 Å². The van der Waals surface area contributed by atoms with E-state index >= 15 is 0 Å². The molecule has 3 heterocycles. The van der Waals surface area contributed by atoms with E-state index in [1.54, 1.807) is 4.90 Å². The molecule has 7 nitrogen and oxygen atoms in total. The molecule has 0 unspecified atom stereocenters. The summed E-state index contributed by atoms with van der Waals surface area (Å²) in [6, 6.07) is 13.3. The molecule has 0 saturated carbocycles. The highest BCUT2D eigenvalue weighted by Gasteiger charge is 2.34. The minimum atomic E-state index is -0.324. The normalized spacial score (nSPS) is 14.7. The van der Waals surface area contributed by atoms with Crippen molar-refractivity contribution in [3.05, 3.63) is 67.4 Å². The molecular formula is C26H25BrN4O3S. The van der Waals surface area contributed by atoms with E-state index < -0.39 is 0 Å². The molecule has 0 aliphatic carbocycles. The second kappa shape index (κ2) is 9.91. The molecule has 5 rings (SSSR count). The molecule has 180 valence electrons. The Morgan fingerprint density at radius 1 is 1.03 bits per heavy atom. The molecule has 1 aliphatic rings. The first-order valence-electron chi connectivity index (χ1n) is 11.8. The van der Waals surface area contributed by atoms with Gasteiger partial charge in [0.25, 0.3) is 11.5 Å². The zero-order chi connectivity index (χ0) is 24.5. The van der Waals surface area contributed by atoms with Crippen LogP contribution in [0, 0.1) is 0 Å². The van der Waals surface area contributed by atoms with Crippen molar-refractivity contribution in [2.45, 2.75) is 39.5 Å². The SMILES string of the molecule is CCCCOc1ccc(-c2nc3s/c(=C4\C(=O)N(CCCC)c5ccc(Br)cc54)c(=O)n3n2)cc1. The Morgan fingerprint density at radius 2 is 1.80 bits per heavy atom. The smallest absolute Gasteiger partial charge is 0.291 e. The number of ether oxygens (including phenoxy) is 1. The Morgan fingerprint density at radius 3 is 2.51 bits per heavy atom. The fourth-order valence-electron chi connectivity index (χ4n) is 4.10. The standard InChI is InChI=1S/C26H25BrN4O3S/c1-3-5-13-30-20-12-9-17(27)15-19(20)21(24(30)32)22-25(33)31-26(35-22)28-23(29-31)16-7-10-18(11-8-16)34-14-6-4-2/h7-12,15H,3-6,13-14H2,1-2H3/b22-21-. The van der Waals surface area contributed by atoms with E-state index in [1.165, 1.54) is 15.9 Å². The van der Waals surface area contributed by atoms with Crippen LogP contribution in [0.2, 0.25) is 0 Å². The molecule has 0 bridgehead atoms. The molecular weight excluding hydrogens is 528 g/mol. The average Bonchev–Trinajstić information content (AvgIpc) is 3.48. The number of fused-ring (bicyclic) bond motifs is 2. The number of hydrogen-bond donors (Lipinski definition) is 0.